The SMILES string of the molecule is C#Cc1cccc(N2C(=O)c3ccccc3C2c2ccc3nc(OC(=O)NC)[nH]c3c2)c1F. The van der Waals surface area contributed by atoms with Gasteiger partial charge in [-0.25, -0.2) is 9.18 Å². The van der Waals surface area contributed by atoms with E-state index in [1.807, 2.05) is 18.2 Å². The second-order valence-electron chi connectivity index (χ2n) is 7.41. The lowest BCUT2D eigenvalue weighted by Crippen LogP contribution is -2.29. The number of hydrogen-bond donors (Lipinski definition) is 2. The highest BCUT2D eigenvalue weighted by molar-refractivity contribution is 6.12. The molecule has 2 heterocycles. The zero-order chi connectivity index (χ0) is 23.1. The predicted octanol–water partition coefficient (Wildman–Crippen LogP) is 4.15. The van der Waals surface area contributed by atoms with Crippen molar-refractivity contribution in [3.05, 3.63) is 88.7 Å². The van der Waals surface area contributed by atoms with Crippen molar-refractivity contribution >= 4 is 28.7 Å². The Morgan fingerprint density at radius 2 is 2.03 bits per heavy atom. The average Bonchev–Trinajstić information content (AvgIpc) is 3.36. The third kappa shape index (κ3) is 3.27. The van der Waals surface area contributed by atoms with Crippen LogP contribution >= 0.6 is 0 Å². The minimum Gasteiger partial charge on any atom is -0.375 e. The lowest BCUT2D eigenvalue weighted by Gasteiger charge is -2.26. The van der Waals surface area contributed by atoms with Crippen LogP contribution in [0.5, 0.6) is 6.01 Å². The molecule has 7 nitrogen and oxygen atoms in total. The van der Waals surface area contributed by atoms with Gasteiger partial charge in [0, 0.05) is 12.6 Å². The van der Waals surface area contributed by atoms with Crippen molar-refractivity contribution in [2.45, 2.75) is 6.04 Å². The van der Waals surface area contributed by atoms with Crippen molar-refractivity contribution in [1.82, 2.24) is 15.3 Å². The van der Waals surface area contributed by atoms with E-state index in [9.17, 15) is 9.59 Å². The van der Waals surface area contributed by atoms with Crippen molar-refractivity contribution in [2.75, 3.05) is 11.9 Å². The molecule has 1 aromatic heterocycles. The van der Waals surface area contributed by atoms with Crippen LogP contribution in [0.2, 0.25) is 0 Å². The van der Waals surface area contributed by atoms with Crippen LogP contribution < -0.4 is 15.0 Å². The largest absolute Gasteiger partial charge is 0.414 e. The minimum atomic E-state index is -0.653. The molecule has 162 valence electrons. The summed E-state index contributed by atoms with van der Waals surface area (Å²) in [6, 6.07) is 16.6. The molecule has 2 N–H and O–H groups in total. The number of ether oxygens (including phenoxy) is 1. The molecule has 0 bridgehead atoms. The number of hydrogen-bond acceptors (Lipinski definition) is 4. The second kappa shape index (κ2) is 7.80. The van der Waals surface area contributed by atoms with Gasteiger partial charge < -0.3 is 15.0 Å². The first kappa shape index (κ1) is 20.3. The molecule has 5 rings (SSSR count). The topological polar surface area (TPSA) is 87.3 Å². The Labute approximate surface area is 188 Å². The first-order chi connectivity index (χ1) is 16.0. The summed E-state index contributed by atoms with van der Waals surface area (Å²) in [4.78, 5) is 33.5. The van der Waals surface area contributed by atoms with Gasteiger partial charge in [-0.15, -0.1) is 6.42 Å². The van der Waals surface area contributed by atoms with Crippen molar-refractivity contribution in [3.63, 3.8) is 0 Å². The number of fused-ring (bicyclic) bond motifs is 2. The molecule has 0 fully saturated rings. The van der Waals surface area contributed by atoms with Crippen LogP contribution in [0.4, 0.5) is 14.9 Å². The monoisotopic (exact) mass is 440 g/mol. The number of nitrogens with one attached hydrogen (secondary N) is 2. The molecule has 8 heteroatoms. The number of nitrogens with zero attached hydrogens (tertiary/aromatic N) is 2. The molecule has 0 spiro atoms. The van der Waals surface area contributed by atoms with Gasteiger partial charge in [-0.05, 0) is 41.5 Å². The molecule has 1 unspecified atom stereocenters. The summed E-state index contributed by atoms with van der Waals surface area (Å²) in [7, 11) is 1.44. The van der Waals surface area contributed by atoms with E-state index in [-0.39, 0.29) is 23.2 Å². The molecular formula is C25H17FN4O3. The summed E-state index contributed by atoms with van der Waals surface area (Å²) in [6.45, 7) is 0. The summed E-state index contributed by atoms with van der Waals surface area (Å²) in [5.41, 5.74) is 3.31. The first-order valence-corrected chi connectivity index (χ1v) is 10.1. The number of aromatic amines is 1. The molecule has 0 saturated heterocycles. The first-order valence-electron chi connectivity index (χ1n) is 10.1. The summed E-state index contributed by atoms with van der Waals surface area (Å²) in [5.74, 6) is 1.37. The van der Waals surface area contributed by atoms with Gasteiger partial charge in [0.05, 0.1) is 28.3 Å². The molecule has 1 aliphatic heterocycles. The van der Waals surface area contributed by atoms with E-state index in [1.165, 1.54) is 24.1 Å². The molecule has 0 radical (unpaired) electrons. The zero-order valence-electron chi connectivity index (χ0n) is 17.4. The Hall–Kier alpha value is -4.64. The molecule has 1 aliphatic rings. The third-order valence-electron chi connectivity index (χ3n) is 5.55. The van der Waals surface area contributed by atoms with E-state index in [1.54, 1.807) is 30.3 Å². The smallest absolute Gasteiger partial charge is 0.375 e. The van der Waals surface area contributed by atoms with Crippen LogP contribution in [0.25, 0.3) is 11.0 Å². The fourth-order valence-corrected chi connectivity index (χ4v) is 4.07. The highest BCUT2D eigenvalue weighted by atomic mass is 19.1. The number of H-pyrrole nitrogens is 1. The van der Waals surface area contributed by atoms with Crippen molar-refractivity contribution in [2.24, 2.45) is 0 Å². The number of benzene rings is 3. The fourth-order valence-electron chi connectivity index (χ4n) is 4.07. The highest BCUT2D eigenvalue weighted by Crippen LogP contribution is 2.43. The van der Waals surface area contributed by atoms with Gasteiger partial charge in [0.2, 0.25) is 0 Å². The Morgan fingerprint density at radius 1 is 1.21 bits per heavy atom. The number of aromatic nitrogens is 2. The van der Waals surface area contributed by atoms with Gasteiger partial charge in [0.15, 0.2) is 5.82 Å². The van der Waals surface area contributed by atoms with Crippen LogP contribution in [-0.2, 0) is 0 Å². The summed E-state index contributed by atoms with van der Waals surface area (Å²) < 4.78 is 20.3. The molecule has 1 atom stereocenters. The van der Waals surface area contributed by atoms with Gasteiger partial charge in [0.1, 0.15) is 0 Å². The molecule has 33 heavy (non-hydrogen) atoms. The molecule has 4 aromatic rings. The zero-order valence-corrected chi connectivity index (χ0v) is 17.4. The number of halogens is 1. The second-order valence-corrected chi connectivity index (χ2v) is 7.41. The van der Waals surface area contributed by atoms with E-state index in [0.717, 1.165) is 11.1 Å². The van der Waals surface area contributed by atoms with Crippen LogP contribution in [0.15, 0.2) is 60.7 Å². The highest BCUT2D eigenvalue weighted by Gasteiger charge is 2.40. The molecule has 0 aliphatic carbocycles. The Bertz CT molecular complexity index is 1470. The number of carbonyl (C=O) groups excluding carboxylic acids is 2. The summed E-state index contributed by atoms with van der Waals surface area (Å²) >= 11 is 0. The number of amides is 2. The number of carbonyl (C=O) groups is 2. The van der Waals surface area contributed by atoms with Gasteiger partial charge in [0.25, 0.3) is 5.91 Å². The van der Waals surface area contributed by atoms with Gasteiger partial charge >= 0.3 is 12.1 Å². The quantitative estimate of drug-likeness (QED) is 0.469. The molecule has 0 saturated carbocycles. The fraction of sp³-hybridized carbons (Fsp3) is 0.0800. The Kier molecular flexibility index (Phi) is 4.79. The molecule has 2 amide bonds. The van der Waals surface area contributed by atoms with Crippen molar-refractivity contribution in [3.8, 4) is 18.4 Å². The maximum absolute atomic E-state index is 15.2. The number of terminal acetylenes is 1. The maximum Gasteiger partial charge on any atom is 0.414 e. The summed E-state index contributed by atoms with van der Waals surface area (Å²) in [6.07, 6.45) is 4.79. The van der Waals surface area contributed by atoms with E-state index >= 15 is 4.39 Å². The Morgan fingerprint density at radius 3 is 2.82 bits per heavy atom. The van der Waals surface area contributed by atoms with E-state index < -0.39 is 18.0 Å². The van der Waals surface area contributed by atoms with E-state index in [4.69, 9.17) is 11.2 Å². The summed E-state index contributed by atoms with van der Waals surface area (Å²) in [5, 5.41) is 2.35. The number of anilines is 1. The van der Waals surface area contributed by atoms with Crippen molar-refractivity contribution < 1.29 is 18.7 Å². The van der Waals surface area contributed by atoms with E-state index in [2.05, 4.69) is 21.2 Å². The lowest BCUT2D eigenvalue weighted by atomic mass is 9.97. The number of imidazole rings is 1. The number of rotatable bonds is 3. The van der Waals surface area contributed by atoms with Crippen LogP contribution in [0.3, 0.4) is 0 Å². The standard InChI is InChI=1S/C25H17FN4O3/c1-3-14-7-6-10-20(21(14)26)30-22(16-8-4-5-9-17(16)23(30)31)15-11-12-18-19(13-15)29-24(28-18)33-25(32)27-2/h1,4-13,22H,2H3,(H,27,32)(H,28,29). The minimum absolute atomic E-state index is 0.0361. The van der Waals surface area contributed by atoms with Gasteiger partial charge in [-0.3, -0.25) is 9.69 Å². The lowest BCUT2D eigenvalue weighted by molar-refractivity contribution is 0.0992. The third-order valence-corrected chi connectivity index (χ3v) is 5.55. The molecular weight excluding hydrogens is 423 g/mol. The molecule has 3 aromatic carbocycles. The normalized spacial score (nSPS) is 14.8. The Balaban J connectivity index is 1.65. The van der Waals surface area contributed by atoms with Crippen LogP contribution in [0.1, 0.15) is 33.1 Å². The van der Waals surface area contributed by atoms with Gasteiger partial charge in [-0.1, -0.05) is 36.3 Å². The van der Waals surface area contributed by atoms with E-state index in [0.29, 0.717) is 16.6 Å². The van der Waals surface area contributed by atoms with Crippen molar-refractivity contribution in [1.29, 1.82) is 0 Å². The van der Waals surface area contributed by atoms with Crippen LogP contribution in [-0.4, -0.2) is 29.0 Å². The maximum atomic E-state index is 15.2. The van der Waals surface area contributed by atoms with Crippen LogP contribution in [0, 0.1) is 18.2 Å². The van der Waals surface area contributed by atoms with Gasteiger partial charge in [-0.2, -0.15) is 4.98 Å². The predicted molar refractivity (Wildman–Crippen MR) is 121 cm³/mol. The average molecular weight is 440 g/mol.